The molecule has 2 aromatic carbocycles. The van der Waals surface area contributed by atoms with Gasteiger partial charge in [0.15, 0.2) is 0 Å². The summed E-state index contributed by atoms with van der Waals surface area (Å²) in [5.41, 5.74) is 5.03. The Hall–Kier alpha value is -2.13. The minimum Gasteiger partial charge on any atom is -0.465 e. The lowest BCUT2D eigenvalue weighted by Gasteiger charge is -2.26. The van der Waals surface area contributed by atoms with Crippen molar-refractivity contribution in [3.8, 4) is 11.1 Å². The van der Waals surface area contributed by atoms with Crippen LogP contribution >= 0.6 is 0 Å². The fourth-order valence-electron chi connectivity index (χ4n) is 3.02. The molecule has 1 atom stereocenters. The van der Waals surface area contributed by atoms with Crippen molar-refractivity contribution in [1.29, 1.82) is 0 Å². The quantitative estimate of drug-likeness (QED) is 0.810. The molecule has 1 aliphatic heterocycles. The van der Waals surface area contributed by atoms with Gasteiger partial charge in [0.1, 0.15) is 6.04 Å². The van der Waals surface area contributed by atoms with Crippen molar-refractivity contribution >= 4 is 5.97 Å². The number of nitrogens with zero attached hydrogens (tertiary/aromatic N) is 1. The van der Waals surface area contributed by atoms with E-state index in [2.05, 4.69) is 53.4 Å². The highest BCUT2D eigenvalue weighted by molar-refractivity contribution is 5.76. The number of benzene rings is 2. The molecule has 1 heterocycles. The van der Waals surface area contributed by atoms with Gasteiger partial charge in [0, 0.05) is 13.1 Å². The number of ether oxygens (including phenoxy) is 1. The van der Waals surface area contributed by atoms with Gasteiger partial charge in [0.25, 0.3) is 0 Å². The first-order chi connectivity index (χ1) is 10.7. The molecule has 0 bridgehead atoms. The molecule has 1 aliphatic rings. The van der Waals surface area contributed by atoms with Crippen LogP contribution in [-0.2, 0) is 22.6 Å². The van der Waals surface area contributed by atoms with E-state index in [0.717, 1.165) is 13.1 Å². The first kappa shape index (κ1) is 14.8. The summed E-state index contributed by atoms with van der Waals surface area (Å²) < 4.78 is 5.19. The van der Waals surface area contributed by atoms with Gasteiger partial charge in [-0.3, -0.25) is 9.69 Å². The maximum atomic E-state index is 12.1. The van der Waals surface area contributed by atoms with Crippen LogP contribution in [0.4, 0.5) is 0 Å². The molecular formula is C19H21NO2. The van der Waals surface area contributed by atoms with Crippen molar-refractivity contribution in [2.45, 2.75) is 33.0 Å². The first-order valence-electron chi connectivity index (χ1n) is 7.77. The van der Waals surface area contributed by atoms with Crippen molar-refractivity contribution in [3.63, 3.8) is 0 Å². The third-order valence-corrected chi connectivity index (χ3v) is 4.25. The van der Waals surface area contributed by atoms with E-state index in [0.29, 0.717) is 6.61 Å². The molecular weight excluding hydrogens is 274 g/mol. The van der Waals surface area contributed by atoms with E-state index in [9.17, 15) is 4.79 Å². The molecule has 22 heavy (non-hydrogen) atoms. The van der Waals surface area contributed by atoms with Gasteiger partial charge in [-0.2, -0.15) is 0 Å². The smallest absolute Gasteiger partial charge is 0.323 e. The molecule has 3 rings (SSSR count). The van der Waals surface area contributed by atoms with Gasteiger partial charge in [0.05, 0.1) is 6.61 Å². The van der Waals surface area contributed by atoms with Crippen LogP contribution in [0.25, 0.3) is 11.1 Å². The van der Waals surface area contributed by atoms with Crippen molar-refractivity contribution in [1.82, 2.24) is 4.90 Å². The van der Waals surface area contributed by atoms with Crippen LogP contribution in [0.15, 0.2) is 48.5 Å². The van der Waals surface area contributed by atoms with E-state index < -0.39 is 0 Å². The zero-order chi connectivity index (χ0) is 15.5. The van der Waals surface area contributed by atoms with Crippen molar-refractivity contribution in [2.75, 3.05) is 6.61 Å². The molecule has 114 valence electrons. The highest BCUT2D eigenvalue weighted by atomic mass is 16.5. The lowest BCUT2D eigenvalue weighted by atomic mass is 9.97. The maximum absolute atomic E-state index is 12.1. The number of carbonyl (C=O) groups excluding carboxylic acids is 1. The van der Waals surface area contributed by atoms with E-state index in [1.165, 1.54) is 22.3 Å². The van der Waals surface area contributed by atoms with E-state index in [-0.39, 0.29) is 12.0 Å². The van der Waals surface area contributed by atoms with Gasteiger partial charge in [-0.05, 0) is 36.1 Å². The van der Waals surface area contributed by atoms with Crippen LogP contribution in [0.1, 0.15) is 25.0 Å². The van der Waals surface area contributed by atoms with Crippen LogP contribution in [0.2, 0.25) is 0 Å². The van der Waals surface area contributed by atoms with E-state index >= 15 is 0 Å². The number of esters is 1. The highest BCUT2D eigenvalue weighted by Crippen LogP contribution is 2.33. The standard InChI is InChI=1S/C19H21NO2/c1-3-22-19(21)14(2)20-12-15-8-4-6-10-17(15)18-11-7-5-9-16(18)13-20/h4-11,14H,3,12-13H2,1-2H3. The minimum absolute atomic E-state index is 0.153. The Balaban J connectivity index is 2.00. The Morgan fingerprint density at radius 1 is 1.05 bits per heavy atom. The molecule has 0 aliphatic carbocycles. The number of hydrogen-bond donors (Lipinski definition) is 0. The van der Waals surface area contributed by atoms with Gasteiger partial charge in [-0.25, -0.2) is 0 Å². The number of hydrogen-bond acceptors (Lipinski definition) is 3. The molecule has 0 saturated heterocycles. The predicted octanol–water partition coefficient (Wildman–Crippen LogP) is 3.62. The number of fused-ring (bicyclic) bond motifs is 3. The predicted molar refractivity (Wildman–Crippen MR) is 87.2 cm³/mol. The molecule has 0 fully saturated rings. The molecule has 1 unspecified atom stereocenters. The molecule has 3 heteroatoms. The molecule has 0 N–H and O–H groups in total. The summed E-state index contributed by atoms with van der Waals surface area (Å²) in [6, 6.07) is 16.6. The van der Waals surface area contributed by atoms with E-state index in [1.807, 2.05) is 13.8 Å². The third kappa shape index (κ3) is 2.77. The Labute approximate surface area is 131 Å². The molecule has 0 saturated carbocycles. The zero-order valence-corrected chi connectivity index (χ0v) is 13.1. The van der Waals surface area contributed by atoms with Gasteiger partial charge >= 0.3 is 5.97 Å². The van der Waals surface area contributed by atoms with Crippen LogP contribution < -0.4 is 0 Å². The summed E-state index contributed by atoms with van der Waals surface area (Å²) in [5.74, 6) is -0.153. The molecule has 0 amide bonds. The summed E-state index contributed by atoms with van der Waals surface area (Å²) in [6.07, 6.45) is 0. The average Bonchev–Trinajstić information content (AvgIpc) is 2.71. The van der Waals surface area contributed by atoms with Gasteiger partial charge in [0.2, 0.25) is 0 Å². The van der Waals surface area contributed by atoms with E-state index in [4.69, 9.17) is 4.74 Å². The number of carbonyl (C=O) groups is 1. The summed E-state index contributed by atoms with van der Waals surface area (Å²) in [4.78, 5) is 14.3. The monoisotopic (exact) mass is 295 g/mol. The van der Waals surface area contributed by atoms with Crippen molar-refractivity contribution in [2.24, 2.45) is 0 Å². The fraction of sp³-hybridized carbons (Fsp3) is 0.316. The van der Waals surface area contributed by atoms with Gasteiger partial charge in [-0.1, -0.05) is 48.5 Å². The topological polar surface area (TPSA) is 29.5 Å². The van der Waals surface area contributed by atoms with Crippen LogP contribution in [0.3, 0.4) is 0 Å². The number of rotatable bonds is 3. The summed E-state index contributed by atoms with van der Waals surface area (Å²) >= 11 is 0. The molecule has 2 aromatic rings. The Kier molecular flexibility index (Phi) is 4.25. The van der Waals surface area contributed by atoms with E-state index in [1.54, 1.807) is 0 Å². The van der Waals surface area contributed by atoms with Crippen LogP contribution in [0.5, 0.6) is 0 Å². The van der Waals surface area contributed by atoms with Crippen LogP contribution in [0, 0.1) is 0 Å². The minimum atomic E-state index is -0.251. The van der Waals surface area contributed by atoms with Crippen molar-refractivity contribution in [3.05, 3.63) is 59.7 Å². The highest BCUT2D eigenvalue weighted by Gasteiger charge is 2.26. The van der Waals surface area contributed by atoms with Gasteiger partial charge in [-0.15, -0.1) is 0 Å². The second-order valence-corrected chi connectivity index (χ2v) is 5.65. The second kappa shape index (κ2) is 6.32. The first-order valence-corrected chi connectivity index (χ1v) is 7.77. The second-order valence-electron chi connectivity index (χ2n) is 5.65. The van der Waals surface area contributed by atoms with Crippen molar-refractivity contribution < 1.29 is 9.53 Å². The Bertz CT molecular complexity index is 633. The normalized spacial score (nSPS) is 15.4. The zero-order valence-electron chi connectivity index (χ0n) is 13.1. The Morgan fingerprint density at radius 3 is 2.05 bits per heavy atom. The molecule has 3 nitrogen and oxygen atoms in total. The third-order valence-electron chi connectivity index (χ3n) is 4.25. The molecule has 0 aromatic heterocycles. The lowest BCUT2D eigenvalue weighted by Crippen LogP contribution is -2.38. The SMILES string of the molecule is CCOC(=O)C(C)N1Cc2ccccc2-c2ccccc2C1. The Morgan fingerprint density at radius 2 is 1.55 bits per heavy atom. The summed E-state index contributed by atoms with van der Waals surface area (Å²) in [5, 5.41) is 0. The summed E-state index contributed by atoms with van der Waals surface area (Å²) in [6.45, 7) is 5.70. The maximum Gasteiger partial charge on any atom is 0.323 e. The molecule has 0 radical (unpaired) electrons. The fourth-order valence-corrected chi connectivity index (χ4v) is 3.02. The largest absolute Gasteiger partial charge is 0.465 e. The average molecular weight is 295 g/mol. The van der Waals surface area contributed by atoms with Crippen LogP contribution in [-0.4, -0.2) is 23.5 Å². The molecule has 0 spiro atoms. The van der Waals surface area contributed by atoms with Gasteiger partial charge < -0.3 is 4.74 Å². The summed E-state index contributed by atoms with van der Waals surface area (Å²) in [7, 11) is 0. The lowest BCUT2D eigenvalue weighted by molar-refractivity contribution is -0.149.